The number of rotatable bonds is 9. The highest BCUT2D eigenvalue weighted by Crippen LogP contribution is 2.17. The highest BCUT2D eigenvalue weighted by molar-refractivity contribution is 6.10. The Labute approximate surface area is 170 Å². The van der Waals surface area contributed by atoms with Crippen LogP contribution in [-0.2, 0) is 16.1 Å². The van der Waals surface area contributed by atoms with Crippen molar-refractivity contribution in [1.29, 1.82) is 5.41 Å². The minimum atomic E-state index is -0.246. The second-order valence-corrected chi connectivity index (χ2v) is 6.78. The number of nitrogens with zero attached hydrogens (tertiary/aromatic N) is 1. The third-order valence-corrected chi connectivity index (χ3v) is 4.60. The molecule has 1 aromatic heterocycles. The number of hydrogen-bond donors (Lipinski definition) is 4. The summed E-state index contributed by atoms with van der Waals surface area (Å²) >= 11 is 0. The summed E-state index contributed by atoms with van der Waals surface area (Å²) in [5.74, 6) is 0.375. The molecule has 0 unspecified atom stereocenters. The fourth-order valence-electron chi connectivity index (χ4n) is 2.90. The molecule has 3 rings (SSSR count). The van der Waals surface area contributed by atoms with Crippen molar-refractivity contribution in [2.24, 2.45) is 11.7 Å². The molecule has 0 bridgehead atoms. The summed E-state index contributed by atoms with van der Waals surface area (Å²) < 4.78 is 5.16. The predicted molar refractivity (Wildman–Crippen MR) is 115 cm³/mol. The van der Waals surface area contributed by atoms with Crippen LogP contribution in [0.5, 0.6) is 0 Å². The number of nitrogens with one attached hydrogen (secondary N) is 3. The van der Waals surface area contributed by atoms with Crippen LogP contribution in [0.4, 0.5) is 5.69 Å². The first-order valence-corrected chi connectivity index (χ1v) is 9.43. The topological polar surface area (TPSA) is 113 Å². The van der Waals surface area contributed by atoms with Crippen molar-refractivity contribution in [2.45, 2.75) is 6.54 Å². The van der Waals surface area contributed by atoms with Crippen LogP contribution in [0.2, 0.25) is 0 Å². The van der Waals surface area contributed by atoms with Crippen molar-refractivity contribution >= 4 is 29.5 Å². The highest BCUT2D eigenvalue weighted by Gasteiger charge is 2.17. The van der Waals surface area contributed by atoms with E-state index in [1.807, 2.05) is 24.3 Å². The molecular weight excluding hydrogens is 366 g/mol. The van der Waals surface area contributed by atoms with Gasteiger partial charge in [-0.3, -0.25) is 9.78 Å². The van der Waals surface area contributed by atoms with Gasteiger partial charge in [0.25, 0.3) is 0 Å². The SMILES string of the molecule is N=CC(=CN)c1ccncc1/C=C/C(=O)Nc1ccc(CNCC2COC2)cc1. The summed E-state index contributed by atoms with van der Waals surface area (Å²) in [4.78, 5) is 16.3. The molecule has 0 aliphatic carbocycles. The minimum Gasteiger partial charge on any atom is -0.404 e. The summed E-state index contributed by atoms with van der Waals surface area (Å²) in [6.45, 7) is 3.44. The molecule has 7 nitrogen and oxygen atoms in total. The first-order chi connectivity index (χ1) is 14.2. The number of allylic oxidation sites excluding steroid dienone is 1. The minimum absolute atomic E-state index is 0.246. The van der Waals surface area contributed by atoms with Crippen LogP contribution in [0.25, 0.3) is 11.6 Å². The highest BCUT2D eigenvalue weighted by atomic mass is 16.5. The molecule has 7 heteroatoms. The van der Waals surface area contributed by atoms with E-state index in [-0.39, 0.29) is 5.91 Å². The number of ether oxygens (including phenoxy) is 1. The standard InChI is InChI=1S/C22H25N5O2/c23-9-19(10-24)21-7-8-25-13-18(21)3-6-22(28)27-20-4-1-16(2-5-20)11-26-12-17-14-29-15-17/h1-10,13,17,23,26H,11-12,14-15,24H2,(H,27,28)/b6-3+,19-10?,23-9?. The molecule has 150 valence electrons. The molecule has 0 atom stereocenters. The van der Waals surface area contributed by atoms with E-state index in [0.717, 1.165) is 43.1 Å². The van der Waals surface area contributed by atoms with Crippen LogP contribution in [0.3, 0.4) is 0 Å². The molecule has 2 heterocycles. The quantitative estimate of drug-likeness (QED) is 0.387. The summed E-state index contributed by atoms with van der Waals surface area (Å²) in [5, 5.41) is 13.7. The van der Waals surface area contributed by atoms with Crippen LogP contribution < -0.4 is 16.4 Å². The van der Waals surface area contributed by atoms with Crippen molar-refractivity contribution in [1.82, 2.24) is 10.3 Å². The van der Waals surface area contributed by atoms with Gasteiger partial charge in [0.05, 0.1) is 13.2 Å². The van der Waals surface area contributed by atoms with E-state index in [1.165, 1.54) is 18.5 Å². The lowest BCUT2D eigenvalue weighted by Gasteiger charge is -2.26. The maximum absolute atomic E-state index is 12.3. The zero-order chi connectivity index (χ0) is 20.5. The number of aromatic nitrogens is 1. The van der Waals surface area contributed by atoms with E-state index in [4.69, 9.17) is 15.9 Å². The zero-order valence-electron chi connectivity index (χ0n) is 16.1. The number of carbonyl (C=O) groups excluding carboxylic acids is 1. The van der Waals surface area contributed by atoms with Crippen molar-refractivity contribution in [3.63, 3.8) is 0 Å². The Morgan fingerprint density at radius 1 is 1.28 bits per heavy atom. The predicted octanol–water partition coefficient (Wildman–Crippen LogP) is 2.42. The van der Waals surface area contributed by atoms with Gasteiger partial charge in [0, 0.05) is 66.7 Å². The van der Waals surface area contributed by atoms with Crippen LogP contribution in [-0.4, -0.2) is 36.9 Å². The molecule has 1 aliphatic rings. The molecule has 0 radical (unpaired) electrons. The van der Waals surface area contributed by atoms with Crippen LogP contribution in [0, 0.1) is 11.3 Å². The first kappa shape index (κ1) is 20.4. The Hall–Kier alpha value is -3.29. The monoisotopic (exact) mass is 391 g/mol. The van der Waals surface area contributed by atoms with Gasteiger partial charge in [-0.05, 0) is 35.4 Å². The largest absolute Gasteiger partial charge is 0.404 e. The van der Waals surface area contributed by atoms with E-state index >= 15 is 0 Å². The fourth-order valence-corrected chi connectivity index (χ4v) is 2.90. The number of pyridine rings is 1. The number of benzene rings is 1. The molecule has 0 saturated carbocycles. The van der Waals surface area contributed by atoms with Gasteiger partial charge in [-0.1, -0.05) is 12.1 Å². The van der Waals surface area contributed by atoms with Gasteiger partial charge in [-0.15, -0.1) is 0 Å². The molecule has 1 amide bonds. The Bertz CT molecular complexity index is 902. The van der Waals surface area contributed by atoms with Crippen LogP contribution in [0.1, 0.15) is 16.7 Å². The third kappa shape index (κ3) is 5.84. The smallest absolute Gasteiger partial charge is 0.248 e. The Balaban J connectivity index is 1.54. The van der Waals surface area contributed by atoms with Crippen LogP contribution in [0.15, 0.2) is 55.0 Å². The molecule has 1 fully saturated rings. The molecule has 1 saturated heterocycles. The lowest BCUT2D eigenvalue weighted by molar-refractivity contribution is -0.111. The van der Waals surface area contributed by atoms with Gasteiger partial charge >= 0.3 is 0 Å². The Morgan fingerprint density at radius 2 is 2.07 bits per heavy atom. The van der Waals surface area contributed by atoms with Crippen molar-refractivity contribution in [3.8, 4) is 0 Å². The van der Waals surface area contributed by atoms with Gasteiger partial charge in [-0.25, -0.2) is 0 Å². The molecule has 1 aromatic carbocycles. The van der Waals surface area contributed by atoms with Gasteiger partial charge in [0.1, 0.15) is 0 Å². The molecule has 5 N–H and O–H groups in total. The van der Waals surface area contributed by atoms with E-state index in [1.54, 1.807) is 24.5 Å². The van der Waals surface area contributed by atoms with E-state index in [2.05, 4.69) is 15.6 Å². The van der Waals surface area contributed by atoms with Crippen molar-refractivity contribution in [2.75, 3.05) is 25.1 Å². The Kier molecular flexibility index (Phi) is 7.27. The van der Waals surface area contributed by atoms with Gasteiger partial charge < -0.3 is 26.5 Å². The summed E-state index contributed by atoms with van der Waals surface area (Å²) in [6.07, 6.45) is 8.88. The molecule has 0 spiro atoms. The number of carbonyl (C=O) groups is 1. The van der Waals surface area contributed by atoms with E-state index in [9.17, 15) is 4.79 Å². The maximum Gasteiger partial charge on any atom is 0.248 e. The average molecular weight is 391 g/mol. The zero-order valence-corrected chi connectivity index (χ0v) is 16.1. The average Bonchev–Trinajstić information content (AvgIpc) is 2.71. The molecule has 2 aromatic rings. The lowest BCUT2D eigenvalue weighted by Crippen LogP contribution is -2.36. The summed E-state index contributed by atoms with van der Waals surface area (Å²) in [6, 6.07) is 9.51. The lowest BCUT2D eigenvalue weighted by atomic mass is 10.0. The fraction of sp³-hybridized carbons (Fsp3) is 0.227. The molecular formula is C22H25N5O2. The Morgan fingerprint density at radius 3 is 2.72 bits per heavy atom. The van der Waals surface area contributed by atoms with Gasteiger partial charge in [-0.2, -0.15) is 0 Å². The number of amides is 1. The number of hydrogen-bond acceptors (Lipinski definition) is 6. The van der Waals surface area contributed by atoms with E-state index in [0.29, 0.717) is 17.1 Å². The second kappa shape index (κ2) is 10.3. The van der Waals surface area contributed by atoms with Gasteiger partial charge in [0.15, 0.2) is 0 Å². The third-order valence-electron chi connectivity index (χ3n) is 4.60. The number of nitrogens with two attached hydrogens (primary N) is 1. The normalized spacial score (nSPS) is 14.6. The second-order valence-electron chi connectivity index (χ2n) is 6.78. The summed E-state index contributed by atoms with van der Waals surface area (Å²) in [7, 11) is 0. The molecule has 29 heavy (non-hydrogen) atoms. The maximum atomic E-state index is 12.3. The first-order valence-electron chi connectivity index (χ1n) is 9.43. The van der Waals surface area contributed by atoms with Crippen LogP contribution >= 0.6 is 0 Å². The van der Waals surface area contributed by atoms with E-state index < -0.39 is 0 Å². The van der Waals surface area contributed by atoms with Crippen molar-refractivity contribution < 1.29 is 9.53 Å². The summed E-state index contributed by atoms with van der Waals surface area (Å²) in [5.41, 5.74) is 9.46. The molecule has 1 aliphatic heterocycles. The number of anilines is 1. The van der Waals surface area contributed by atoms with Crippen molar-refractivity contribution in [3.05, 3.63) is 71.7 Å². The van der Waals surface area contributed by atoms with Gasteiger partial charge in [0.2, 0.25) is 5.91 Å².